The van der Waals surface area contributed by atoms with Crippen molar-refractivity contribution >= 4 is 29.1 Å². The van der Waals surface area contributed by atoms with E-state index in [-0.39, 0.29) is 5.82 Å². The first-order valence-corrected chi connectivity index (χ1v) is 7.17. The average molecular weight is 260 g/mol. The van der Waals surface area contributed by atoms with Crippen LogP contribution >= 0.6 is 23.4 Å². The van der Waals surface area contributed by atoms with Crippen molar-refractivity contribution in [3.8, 4) is 0 Å². The van der Waals surface area contributed by atoms with Crippen LogP contribution in [-0.2, 0) is 5.88 Å². The second-order valence-corrected chi connectivity index (χ2v) is 5.35. The van der Waals surface area contributed by atoms with Gasteiger partial charge in [0.25, 0.3) is 0 Å². The number of alkyl halides is 1. The molecule has 16 heavy (non-hydrogen) atoms. The third-order valence-electron chi connectivity index (χ3n) is 2.75. The number of thioether (sulfide) groups is 1. The van der Waals surface area contributed by atoms with Crippen LogP contribution in [0.3, 0.4) is 0 Å². The van der Waals surface area contributed by atoms with E-state index in [2.05, 4.69) is 4.90 Å². The Hall–Kier alpha value is -0.410. The fourth-order valence-corrected chi connectivity index (χ4v) is 3.06. The Labute approximate surface area is 105 Å². The van der Waals surface area contributed by atoms with Crippen molar-refractivity contribution < 1.29 is 4.39 Å². The Morgan fingerprint density at radius 2 is 2.19 bits per heavy atom. The highest BCUT2D eigenvalue weighted by Gasteiger charge is 2.13. The molecule has 1 aromatic rings. The molecule has 1 nitrogen and oxygen atoms in total. The van der Waals surface area contributed by atoms with Crippen molar-refractivity contribution in [3.63, 3.8) is 0 Å². The minimum absolute atomic E-state index is 0.205. The van der Waals surface area contributed by atoms with Gasteiger partial charge in [-0.3, -0.25) is 0 Å². The van der Waals surface area contributed by atoms with Gasteiger partial charge in [0.1, 0.15) is 5.82 Å². The third kappa shape index (κ3) is 2.83. The highest BCUT2D eigenvalue weighted by molar-refractivity contribution is 7.99. The molecule has 2 rings (SSSR count). The zero-order chi connectivity index (χ0) is 11.4. The number of rotatable bonds is 2. The molecule has 0 spiro atoms. The van der Waals surface area contributed by atoms with Crippen LogP contribution in [0.5, 0.6) is 0 Å². The molecular formula is C12H15ClFNS. The molecule has 1 aromatic carbocycles. The van der Waals surface area contributed by atoms with Crippen LogP contribution in [0.2, 0.25) is 0 Å². The fraction of sp³-hybridized carbons (Fsp3) is 0.500. The molecule has 1 heterocycles. The van der Waals surface area contributed by atoms with E-state index in [0.29, 0.717) is 5.88 Å². The number of nitrogens with zero attached hydrogens (tertiary/aromatic N) is 1. The monoisotopic (exact) mass is 259 g/mol. The summed E-state index contributed by atoms with van der Waals surface area (Å²) in [6.07, 6.45) is 1.18. The normalized spacial score (nSPS) is 17.2. The van der Waals surface area contributed by atoms with E-state index in [9.17, 15) is 4.39 Å². The summed E-state index contributed by atoms with van der Waals surface area (Å²) in [5, 5.41) is 0. The van der Waals surface area contributed by atoms with Gasteiger partial charge in [0, 0.05) is 30.4 Å². The molecule has 0 unspecified atom stereocenters. The maximum atomic E-state index is 13.1. The van der Waals surface area contributed by atoms with Crippen LogP contribution < -0.4 is 4.90 Å². The van der Waals surface area contributed by atoms with Gasteiger partial charge in [-0.15, -0.1) is 11.6 Å². The number of benzene rings is 1. The smallest absolute Gasteiger partial charge is 0.123 e. The lowest BCUT2D eigenvalue weighted by Crippen LogP contribution is -2.26. The SMILES string of the molecule is Fc1ccc(N2CCCSCC2)c(CCl)c1. The molecule has 1 fully saturated rings. The van der Waals surface area contributed by atoms with Gasteiger partial charge in [-0.1, -0.05) is 0 Å². The van der Waals surface area contributed by atoms with Crippen molar-refractivity contribution in [1.82, 2.24) is 0 Å². The molecule has 0 saturated carbocycles. The van der Waals surface area contributed by atoms with Crippen LogP contribution in [0.25, 0.3) is 0 Å². The van der Waals surface area contributed by atoms with Crippen molar-refractivity contribution in [2.24, 2.45) is 0 Å². The van der Waals surface area contributed by atoms with E-state index in [4.69, 9.17) is 11.6 Å². The van der Waals surface area contributed by atoms with Gasteiger partial charge in [-0.25, -0.2) is 4.39 Å². The fourth-order valence-electron chi connectivity index (χ4n) is 1.96. The average Bonchev–Trinajstić information content (AvgIpc) is 2.57. The second kappa shape index (κ2) is 5.78. The van der Waals surface area contributed by atoms with E-state index in [1.807, 2.05) is 17.8 Å². The molecule has 0 atom stereocenters. The van der Waals surface area contributed by atoms with Crippen LogP contribution in [0, 0.1) is 5.82 Å². The van der Waals surface area contributed by atoms with Gasteiger partial charge in [0.15, 0.2) is 0 Å². The molecule has 0 bridgehead atoms. The predicted octanol–water partition coefficient (Wildman–Crippen LogP) is 3.51. The Bertz CT molecular complexity index is 351. The van der Waals surface area contributed by atoms with Gasteiger partial charge in [0.05, 0.1) is 0 Å². The van der Waals surface area contributed by atoms with Crippen LogP contribution in [0.15, 0.2) is 18.2 Å². The Morgan fingerprint density at radius 3 is 3.00 bits per heavy atom. The van der Waals surface area contributed by atoms with E-state index >= 15 is 0 Å². The number of hydrogen-bond donors (Lipinski definition) is 0. The molecule has 0 aromatic heterocycles. The van der Waals surface area contributed by atoms with Gasteiger partial charge < -0.3 is 4.90 Å². The van der Waals surface area contributed by atoms with Crippen LogP contribution in [-0.4, -0.2) is 24.6 Å². The Kier molecular flexibility index (Phi) is 4.36. The third-order valence-corrected chi connectivity index (χ3v) is 4.08. The summed E-state index contributed by atoms with van der Waals surface area (Å²) in [5.41, 5.74) is 1.99. The molecule has 0 aliphatic carbocycles. The first kappa shape index (κ1) is 12.1. The van der Waals surface area contributed by atoms with Crippen molar-refractivity contribution in [3.05, 3.63) is 29.6 Å². The topological polar surface area (TPSA) is 3.24 Å². The van der Waals surface area contributed by atoms with Gasteiger partial charge >= 0.3 is 0 Å². The van der Waals surface area contributed by atoms with Crippen molar-refractivity contribution in [1.29, 1.82) is 0 Å². The minimum Gasteiger partial charge on any atom is -0.370 e. The summed E-state index contributed by atoms with van der Waals surface area (Å²) in [5.74, 6) is 2.52. The lowest BCUT2D eigenvalue weighted by Gasteiger charge is -2.24. The quantitative estimate of drug-likeness (QED) is 0.748. The summed E-state index contributed by atoms with van der Waals surface area (Å²) >= 11 is 7.85. The Morgan fingerprint density at radius 1 is 1.31 bits per heavy atom. The molecule has 1 aliphatic rings. The molecule has 0 N–H and O–H groups in total. The molecule has 88 valence electrons. The summed E-state index contributed by atoms with van der Waals surface area (Å²) in [4.78, 5) is 2.32. The highest BCUT2D eigenvalue weighted by Crippen LogP contribution is 2.25. The minimum atomic E-state index is -0.205. The van der Waals surface area contributed by atoms with E-state index in [1.54, 1.807) is 6.07 Å². The molecule has 1 aliphatic heterocycles. The zero-order valence-electron chi connectivity index (χ0n) is 9.09. The van der Waals surface area contributed by atoms with Gasteiger partial charge in [0.2, 0.25) is 0 Å². The number of hydrogen-bond acceptors (Lipinski definition) is 2. The maximum Gasteiger partial charge on any atom is 0.123 e. The van der Waals surface area contributed by atoms with Crippen LogP contribution in [0.4, 0.5) is 10.1 Å². The summed E-state index contributed by atoms with van der Waals surface area (Å²) < 4.78 is 13.1. The van der Waals surface area contributed by atoms with E-state index < -0.39 is 0 Å². The summed E-state index contributed by atoms with van der Waals surface area (Å²) in [7, 11) is 0. The summed E-state index contributed by atoms with van der Waals surface area (Å²) in [6, 6.07) is 4.91. The second-order valence-electron chi connectivity index (χ2n) is 3.86. The van der Waals surface area contributed by atoms with E-state index in [1.165, 1.54) is 18.2 Å². The maximum absolute atomic E-state index is 13.1. The van der Waals surface area contributed by atoms with Gasteiger partial charge in [-0.05, 0) is 35.9 Å². The number of anilines is 1. The zero-order valence-corrected chi connectivity index (χ0v) is 10.7. The molecule has 4 heteroatoms. The van der Waals surface area contributed by atoms with Gasteiger partial charge in [-0.2, -0.15) is 11.8 Å². The standard InChI is InChI=1S/C12H15ClFNS/c13-9-10-8-11(14)2-3-12(10)15-4-1-6-16-7-5-15/h2-3,8H,1,4-7,9H2. The summed E-state index contributed by atoms with van der Waals surface area (Å²) in [6.45, 7) is 2.07. The highest BCUT2D eigenvalue weighted by atomic mass is 35.5. The lowest BCUT2D eigenvalue weighted by atomic mass is 10.1. The predicted molar refractivity (Wildman–Crippen MR) is 70.1 cm³/mol. The van der Waals surface area contributed by atoms with Crippen molar-refractivity contribution in [2.75, 3.05) is 29.5 Å². The number of halogens is 2. The first-order valence-electron chi connectivity index (χ1n) is 5.48. The van der Waals surface area contributed by atoms with Crippen molar-refractivity contribution in [2.45, 2.75) is 12.3 Å². The molecule has 0 radical (unpaired) electrons. The van der Waals surface area contributed by atoms with Crippen LogP contribution in [0.1, 0.15) is 12.0 Å². The molecular weight excluding hydrogens is 245 g/mol. The molecule has 0 amide bonds. The first-order chi connectivity index (χ1) is 7.81. The Balaban J connectivity index is 2.23. The largest absolute Gasteiger partial charge is 0.370 e. The molecule has 1 saturated heterocycles. The lowest BCUT2D eigenvalue weighted by molar-refractivity contribution is 0.626. The van der Waals surface area contributed by atoms with E-state index in [0.717, 1.165) is 30.1 Å².